The van der Waals surface area contributed by atoms with Gasteiger partial charge in [-0.1, -0.05) is 69.7 Å². The first-order valence-electron chi connectivity index (χ1n) is 14.6. The lowest BCUT2D eigenvalue weighted by Gasteiger charge is -2.29. The summed E-state index contributed by atoms with van der Waals surface area (Å²) in [6, 6.07) is 4.07. The minimum absolute atomic E-state index is 0.0401. The molecule has 0 unspecified atom stereocenters. The Kier molecular flexibility index (Phi) is 16.8. The van der Waals surface area contributed by atoms with Crippen LogP contribution < -0.4 is 5.32 Å². The minimum Gasteiger partial charge on any atom is -0.508 e. The van der Waals surface area contributed by atoms with Crippen LogP contribution in [0.5, 0.6) is 5.75 Å². The summed E-state index contributed by atoms with van der Waals surface area (Å²) >= 11 is 0. The highest BCUT2D eigenvalue weighted by Gasteiger charge is 2.49. The van der Waals surface area contributed by atoms with Crippen molar-refractivity contribution in [3.8, 4) is 5.75 Å². The van der Waals surface area contributed by atoms with Gasteiger partial charge in [0.2, 0.25) is 5.91 Å². The SMILES string of the molecule is CCCCCCCC(=O)CCCCCC/C=C/[C@@H](C(=O)N[C@H](Cc1ccc(O)cc1)C(=O)O)[C@](O)(CC(=O)O)C(=O)O. The number of nitrogens with one attached hydrogen (secondary N) is 1. The number of hydrogen-bond acceptors (Lipinski definition) is 7. The summed E-state index contributed by atoms with van der Waals surface area (Å²) in [6.07, 6.45) is 11.1. The molecule has 0 saturated carbocycles. The summed E-state index contributed by atoms with van der Waals surface area (Å²) in [4.78, 5) is 60.2. The van der Waals surface area contributed by atoms with Crippen LogP contribution >= 0.6 is 0 Å². The van der Waals surface area contributed by atoms with E-state index in [-0.39, 0.29) is 18.0 Å². The van der Waals surface area contributed by atoms with Crippen LogP contribution in [0, 0.1) is 5.92 Å². The summed E-state index contributed by atoms with van der Waals surface area (Å²) in [5.74, 6) is -7.83. The highest BCUT2D eigenvalue weighted by molar-refractivity contribution is 5.94. The van der Waals surface area contributed by atoms with Gasteiger partial charge < -0.3 is 30.8 Å². The summed E-state index contributed by atoms with van der Waals surface area (Å²) < 4.78 is 0. The molecule has 0 aliphatic carbocycles. The smallest absolute Gasteiger partial charge is 0.337 e. The van der Waals surface area contributed by atoms with Gasteiger partial charge in [-0.25, -0.2) is 9.59 Å². The third-order valence-corrected chi connectivity index (χ3v) is 7.04. The fourth-order valence-electron chi connectivity index (χ4n) is 4.56. The fourth-order valence-corrected chi connectivity index (χ4v) is 4.56. The first kappa shape index (κ1) is 36.3. The van der Waals surface area contributed by atoms with Crippen LogP contribution in [0.3, 0.4) is 0 Å². The number of allylic oxidation sites excluding steroid dienone is 1. The Morgan fingerprint density at radius 2 is 1.43 bits per heavy atom. The van der Waals surface area contributed by atoms with E-state index in [2.05, 4.69) is 12.2 Å². The number of ketones is 1. The zero-order chi connectivity index (χ0) is 31.5. The second-order valence-electron chi connectivity index (χ2n) is 10.6. The van der Waals surface area contributed by atoms with Gasteiger partial charge in [0.05, 0.1) is 12.3 Å². The van der Waals surface area contributed by atoms with Gasteiger partial charge in [0.25, 0.3) is 0 Å². The first-order valence-corrected chi connectivity index (χ1v) is 14.6. The van der Waals surface area contributed by atoms with Crippen LogP contribution in [-0.4, -0.2) is 66.8 Å². The number of aliphatic carboxylic acids is 3. The largest absolute Gasteiger partial charge is 0.508 e. The van der Waals surface area contributed by atoms with Gasteiger partial charge in [0, 0.05) is 19.3 Å². The summed E-state index contributed by atoms with van der Waals surface area (Å²) in [5, 5.41) is 50.9. The number of aliphatic hydroxyl groups is 1. The minimum atomic E-state index is -3.02. The third-order valence-electron chi connectivity index (χ3n) is 7.04. The number of Topliss-reactive ketones (excluding diaryl/α,β-unsaturated/α-hetero) is 1. The highest BCUT2D eigenvalue weighted by Crippen LogP contribution is 2.26. The number of aromatic hydroxyl groups is 1. The third kappa shape index (κ3) is 13.8. The number of amides is 1. The molecule has 42 heavy (non-hydrogen) atoms. The van der Waals surface area contributed by atoms with Gasteiger partial charge in [0.15, 0.2) is 5.60 Å². The Hall–Kier alpha value is -3.73. The Morgan fingerprint density at radius 3 is 1.95 bits per heavy atom. The maximum Gasteiger partial charge on any atom is 0.337 e. The van der Waals surface area contributed by atoms with E-state index in [9.17, 15) is 49.5 Å². The molecule has 11 nitrogen and oxygen atoms in total. The molecule has 0 fully saturated rings. The average molecular weight is 592 g/mol. The second-order valence-corrected chi connectivity index (χ2v) is 10.6. The summed E-state index contributed by atoms with van der Waals surface area (Å²) in [7, 11) is 0. The summed E-state index contributed by atoms with van der Waals surface area (Å²) in [5.41, 5.74) is -2.56. The Labute approximate surface area is 246 Å². The van der Waals surface area contributed by atoms with Crippen LogP contribution in [-0.2, 0) is 30.4 Å². The Morgan fingerprint density at radius 1 is 0.857 bits per heavy atom. The number of carbonyl (C=O) groups excluding carboxylic acids is 2. The van der Waals surface area contributed by atoms with E-state index in [1.165, 1.54) is 36.8 Å². The molecule has 0 aromatic heterocycles. The van der Waals surface area contributed by atoms with E-state index < -0.39 is 47.8 Å². The van der Waals surface area contributed by atoms with Gasteiger partial charge in [-0.2, -0.15) is 0 Å². The van der Waals surface area contributed by atoms with Crippen molar-refractivity contribution in [2.75, 3.05) is 0 Å². The molecule has 234 valence electrons. The van der Waals surface area contributed by atoms with E-state index in [1.807, 2.05) is 0 Å². The first-order chi connectivity index (χ1) is 19.9. The number of carboxylic acid groups (broad SMARTS) is 3. The standard InChI is InChI=1S/C31H45NO10/c1-2-3-4-7-10-13-23(33)14-11-8-5-6-9-12-15-25(31(42,30(40)41)21-27(35)36)28(37)32-26(29(38)39)20-22-16-18-24(34)19-17-22/h12,15-19,25-26,34,42H,2-11,13-14,20-21H2,1H3,(H,32,37)(H,35,36)(H,38,39)(H,40,41)/b15-12+/t25-,26+,31+/m0/s1. The number of carbonyl (C=O) groups is 5. The molecular formula is C31H45NO10. The zero-order valence-corrected chi connectivity index (χ0v) is 24.3. The zero-order valence-electron chi connectivity index (χ0n) is 24.3. The monoisotopic (exact) mass is 591 g/mol. The van der Waals surface area contributed by atoms with Crippen LogP contribution in [0.15, 0.2) is 36.4 Å². The molecule has 1 aromatic carbocycles. The van der Waals surface area contributed by atoms with Crippen LogP contribution in [0.2, 0.25) is 0 Å². The maximum absolute atomic E-state index is 13.1. The van der Waals surface area contributed by atoms with E-state index in [4.69, 9.17) is 0 Å². The van der Waals surface area contributed by atoms with Gasteiger partial charge in [0.1, 0.15) is 17.6 Å². The molecule has 0 radical (unpaired) electrons. The number of phenols is 1. The number of benzene rings is 1. The topological polar surface area (TPSA) is 199 Å². The van der Waals surface area contributed by atoms with Crippen LogP contribution in [0.1, 0.15) is 96.0 Å². The molecule has 0 bridgehead atoms. The molecule has 1 amide bonds. The van der Waals surface area contributed by atoms with Crippen molar-refractivity contribution < 1.29 is 49.5 Å². The molecule has 0 saturated heterocycles. The lowest BCUT2D eigenvalue weighted by atomic mass is 9.82. The molecular weight excluding hydrogens is 546 g/mol. The van der Waals surface area contributed by atoms with Crippen molar-refractivity contribution in [3.63, 3.8) is 0 Å². The van der Waals surface area contributed by atoms with Crippen molar-refractivity contribution in [2.24, 2.45) is 5.92 Å². The van der Waals surface area contributed by atoms with Gasteiger partial charge in [-0.3, -0.25) is 14.4 Å². The normalized spacial score (nSPS) is 14.1. The molecule has 0 aliphatic heterocycles. The molecule has 1 rings (SSSR count). The van der Waals surface area contributed by atoms with E-state index in [0.717, 1.165) is 51.0 Å². The Bertz CT molecular complexity index is 1050. The molecule has 0 heterocycles. The van der Waals surface area contributed by atoms with E-state index >= 15 is 0 Å². The number of hydrogen-bond donors (Lipinski definition) is 6. The van der Waals surface area contributed by atoms with Gasteiger partial charge in [-0.15, -0.1) is 0 Å². The highest BCUT2D eigenvalue weighted by atomic mass is 16.4. The van der Waals surface area contributed by atoms with E-state index in [1.54, 1.807) is 0 Å². The number of unbranched alkanes of at least 4 members (excludes halogenated alkanes) is 8. The molecule has 0 aliphatic rings. The summed E-state index contributed by atoms with van der Waals surface area (Å²) in [6.45, 7) is 2.14. The van der Waals surface area contributed by atoms with Crippen molar-refractivity contribution >= 4 is 29.6 Å². The fraction of sp³-hybridized carbons (Fsp3) is 0.581. The second kappa shape index (κ2) is 19.4. The predicted octanol–water partition coefficient (Wildman–Crippen LogP) is 4.24. The maximum atomic E-state index is 13.1. The van der Waals surface area contributed by atoms with Gasteiger partial charge in [-0.05, 0) is 43.4 Å². The van der Waals surface area contributed by atoms with E-state index in [0.29, 0.717) is 31.2 Å². The molecule has 6 N–H and O–H groups in total. The van der Waals surface area contributed by atoms with Crippen molar-refractivity contribution in [1.82, 2.24) is 5.32 Å². The predicted molar refractivity (Wildman–Crippen MR) is 155 cm³/mol. The van der Waals surface area contributed by atoms with Crippen LogP contribution in [0.25, 0.3) is 0 Å². The van der Waals surface area contributed by atoms with Crippen molar-refractivity contribution in [2.45, 2.75) is 108 Å². The molecule has 1 aromatic rings. The van der Waals surface area contributed by atoms with Crippen LogP contribution in [0.4, 0.5) is 0 Å². The quantitative estimate of drug-likeness (QED) is 0.0790. The molecule has 0 spiro atoms. The number of phenolic OH excluding ortho intramolecular Hbond substituents is 1. The lowest BCUT2D eigenvalue weighted by molar-refractivity contribution is -0.172. The van der Waals surface area contributed by atoms with Gasteiger partial charge >= 0.3 is 17.9 Å². The lowest BCUT2D eigenvalue weighted by Crippen LogP contribution is -2.55. The number of carboxylic acids is 3. The van der Waals surface area contributed by atoms with Crippen molar-refractivity contribution in [3.05, 3.63) is 42.0 Å². The Balaban J connectivity index is 2.77. The average Bonchev–Trinajstić information content (AvgIpc) is 2.92. The van der Waals surface area contributed by atoms with Crippen molar-refractivity contribution in [1.29, 1.82) is 0 Å². The molecule has 11 heteroatoms. The molecule has 3 atom stereocenters. The number of rotatable bonds is 23.